The van der Waals surface area contributed by atoms with E-state index in [0.29, 0.717) is 28.0 Å². The molecule has 0 radical (unpaired) electrons. The maximum absolute atomic E-state index is 12.7. The van der Waals surface area contributed by atoms with Crippen LogP contribution in [0.5, 0.6) is 5.75 Å². The van der Waals surface area contributed by atoms with Crippen LogP contribution in [0.15, 0.2) is 53.7 Å². The SMILES string of the molecule is O=C1Nc2ccnc(Cl)c2CN1c1cc2c(cc1S)CCC(c1ccccn1)O2. The summed E-state index contributed by atoms with van der Waals surface area (Å²) in [5.74, 6) is 0.746. The van der Waals surface area contributed by atoms with Gasteiger partial charge in [-0.25, -0.2) is 9.78 Å². The lowest BCUT2D eigenvalue weighted by atomic mass is 9.99. The summed E-state index contributed by atoms with van der Waals surface area (Å²) in [7, 11) is 0. The van der Waals surface area contributed by atoms with Crippen LogP contribution in [0.4, 0.5) is 16.2 Å². The van der Waals surface area contributed by atoms with Gasteiger partial charge in [-0.3, -0.25) is 9.88 Å². The number of anilines is 2. The number of benzene rings is 1. The second-order valence-electron chi connectivity index (χ2n) is 6.99. The van der Waals surface area contributed by atoms with E-state index in [1.165, 1.54) is 0 Å². The number of ether oxygens (including phenoxy) is 1. The molecule has 8 heteroatoms. The molecule has 2 aromatic heterocycles. The number of nitrogens with one attached hydrogen (secondary N) is 1. The van der Waals surface area contributed by atoms with E-state index >= 15 is 0 Å². The molecule has 2 amide bonds. The molecule has 0 fully saturated rings. The smallest absolute Gasteiger partial charge is 0.326 e. The Balaban J connectivity index is 1.49. The van der Waals surface area contributed by atoms with Crippen molar-refractivity contribution in [3.05, 3.63) is 70.8 Å². The molecule has 6 nitrogen and oxygen atoms in total. The number of aryl methyl sites for hydroxylation is 1. The van der Waals surface area contributed by atoms with Crippen molar-refractivity contribution in [1.29, 1.82) is 0 Å². The molecule has 3 aromatic rings. The first-order chi connectivity index (χ1) is 14.1. The van der Waals surface area contributed by atoms with Crippen LogP contribution in [0.1, 0.15) is 29.3 Å². The summed E-state index contributed by atoms with van der Waals surface area (Å²) in [4.78, 5) is 23.6. The highest BCUT2D eigenvalue weighted by atomic mass is 35.5. The lowest BCUT2D eigenvalue weighted by Gasteiger charge is -2.32. The van der Waals surface area contributed by atoms with E-state index in [-0.39, 0.29) is 12.1 Å². The summed E-state index contributed by atoms with van der Waals surface area (Å²) in [6.45, 7) is 0.309. The van der Waals surface area contributed by atoms with Crippen LogP contribution in [-0.2, 0) is 13.0 Å². The first-order valence-corrected chi connectivity index (χ1v) is 10.1. The Morgan fingerprint density at radius 1 is 1.21 bits per heavy atom. The fourth-order valence-corrected chi connectivity index (χ4v) is 4.30. The number of hydrogen-bond acceptors (Lipinski definition) is 5. The Morgan fingerprint density at radius 2 is 2.10 bits per heavy atom. The maximum atomic E-state index is 12.7. The minimum Gasteiger partial charge on any atom is -0.484 e. The van der Waals surface area contributed by atoms with E-state index in [1.54, 1.807) is 23.4 Å². The molecular formula is C21H17ClN4O2S. The standard InChI is InChI=1S/C21H17ClN4O2S/c22-20-13-11-26(21(27)25-14(13)6-8-24-20)16-10-18-12(9-19(16)29)4-5-17(28-18)15-3-1-2-7-23-15/h1-3,6-10,17,29H,4-5,11H2,(H,25,27). The van der Waals surface area contributed by atoms with E-state index in [4.69, 9.17) is 16.3 Å². The van der Waals surface area contributed by atoms with Crippen molar-refractivity contribution in [3.63, 3.8) is 0 Å². The van der Waals surface area contributed by atoms with Gasteiger partial charge in [-0.2, -0.15) is 0 Å². The number of rotatable bonds is 2. The minimum atomic E-state index is -0.243. The number of aromatic nitrogens is 2. The third-order valence-corrected chi connectivity index (χ3v) is 5.90. The van der Waals surface area contributed by atoms with Gasteiger partial charge >= 0.3 is 6.03 Å². The Hall–Kier alpha value is -2.77. The second kappa shape index (κ2) is 7.24. The van der Waals surface area contributed by atoms with E-state index in [0.717, 1.165) is 35.4 Å². The first kappa shape index (κ1) is 18.3. The Bertz CT molecular complexity index is 1110. The zero-order valence-corrected chi connectivity index (χ0v) is 17.0. The van der Waals surface area contributed by atoms with Gasteiger partial charge in [0.15, 0.2) is 0 Å². The van der Waals surface area contributed by atoms with Crippen molar-refractivity contribution < 1.29 is 9.53 Å². The van der Waals surface area contributed by atoms with Crippen molar-refractivity contribution in [1.82, 2.24) is 9.97 Å². The topological polar surface area (TPSA) is 67.4 Å². The van der Waals surface area contributed by atoms with Crippen LogP contribution in [-0.4, -0.2) is 16.0 Å². The third kappa shape index (κ3) is 3.30. The number of pyridine rings is 2. The summed E-state index contributed by atoms with van der Waals surface area (Å²) in [6.07, 6.45) is 4.93. The number of thiol groups is 1. The highest BCUT2D eigenvalue weighted by Gasteiger charge is 2.30. The van der Waals surface area contributed by atoms with Gasteiger partial charge in [0, 0.05) is 28.9 Å². The van der Waals surface area contributed by atoms with Crippen LogP contribution in [0.2, 0.25) is 5.15 Å². The molecule has 0 bridgehead atoms. The molecule has 4 heterocycles. The molecule has 29 heavy (non-hydrogen) atoms. The van der Waals surface area contributed by atoms with Gasteiger partial charge in [-0.1, -0.05) is 17.7 Å². The number of carbonyl (C=O) groups is 1. The van der Waals surface area contributed by atoms with Gasteiger partial charge in [0.05, 0.1) is 23.6 Å². The number of halogens is 1. The molecule has 1 N–H and O–H groups in total. The molecule has 1 aromatic carbocycles. The summed E-state index contributed by atoms with van der Waals surface area (Å²) >= 11 is 10.9. The molecule has 5 rings (SSSR count). The summed E-state index contributed by atoms with van der Waals surface area (Å²) in [5.41, 5.74) is 4.08. The summed E-state index contributed by atoms with van der Waals surface area (Å²) in [5, 5.41) is 3.24. The number of carbonyl (C=O) groups excluding carboxylic acids is 1. The van der Waals surface area contributed by atoms with Crippen LogP contribution < -0.4 is 15.0 Å². The third-order valence-electron chi connectivity index (χ3n) is 5.22. The quantitative estimate of drug-likeness (QED) is 0.447. The maximum Gasteiger partial charge on any atom is 0.326 e. The Kier molecular flexibility index (Phi) is 4.56. The fraction of sp³-hybridized carbons (Fsp3) is 0.190. The number of fused-ring (bicyclic) bond motifs is 2. The lowest BCUT2D eigenvalue weighted by molar-refractivity contribution is 0.172. The average molecular weight is 425 g/mol. The normalized spacial score (nSPS) is 17.8. The van der Waals surface area contributed by atoms with E-state index < -0.39 is 0 Å². The van der Waals surface area contributed by atoms with Crippen LogP contribution in [0.3, 0.4) is 0 Å². The van der Waals surface area contributed by atoms with E-state index in [9.17, 15) is 4.79 Å². The van der Waals surface area contributed by atoms with Crippen molar-refractivity contribution >= 4 is 41.6 Å². The Morgan fingerprint density at radius 3 is 2.93 bits per heavy atom. The van der Waals surface area contributed by atoms with E-state index in [2.05, 4.69) is 27.9 Å². The molecular weight excluding hydrogens is 408 g/mol. The fourth-order valence-electron chi connectivity index (χ4n) is 3.74. The second-order valence-corrected chi connectivity index (χ2v) is 7.83. The number of hydrogen-bond donors (Lipinski definition) is 2. The van der Waals surface area contributed by atoms with E-state index in [1.807, 2.05) is 30.3 Å². The molecule has 1 unspecified atom stereocenters. The van der Waals surface area contributed by atoms with Crippen molar-refractivity contribution in [2.24, 2.45) is 0 Å². The predicted octanol–water partition coefficient (Wildman–Crippen LogP) is 5.04. The zero-order valence-electron chi connectivity index (χ0n) is 15.3. The molecule has 0 aliphatic carbocycles. The van der Waals surface area contributed by atoms with Gasteiger partial charge in [0.1, 0.15) is 17.0 Å². The minimum absolute atomic E-state index is 0.114. The van der Waals surface area contributed by atoms with Crippen LogP contribution in [0, 0.1) is 0 Å². The number of nitrogens with zero attached hydrogens (tertiary/aromatic N) is 3. The van der Waals surface area contributed by atoms with Crippen molar-refractivity contribution in [3.8, 4) is 5.75 Å². The molecule has 146 valence electrons. The highest BCUT2D eigenvalue weighted by Crippen LogP contribution is 2.41. The predicted molar refractivity (Wildman–Crippen MR) is 114 cm³/mol. The van der Waals surface area contributed by atoms with Crippen LogP contribution in [0.25, 0.3) is 0 Å². The van der Waals surface area contributed by atoms with Crippen molar-refractivity contribution in [2.45, 2.75) is 30.4 Å². The molecule has 0 spiro atoms. The molecule has 0 saturated carbocycles. The van der Waals surface area contributed by atoms with Crippen LogP contribution >= 0.6 is 24.2 Å². The average Bonchev–Trinajstić information content (AvgIpc) is 2.74. The zero-order chi connectivity index (χ0) is 20.0. The van der Waals surface area contributed by atoms with Gasteiger partial charge in [-0.05, 0) is 42.7 Å². The number of urea groups is 1. The molecule has 1 atom stereocenters. The van der Waals surface area contributed by atoms with Gasteiger partial charge in [0.25, 0.3) is 0 Å². The van der Waals surface area contributed by atoms with Crippen molar-refractivity contribution in [2.75, 3.05) is 10.2 Å². The van der Waals surface area contributed by atoms with Gasteiger partial charge in [0.2, 0.25) is 0 Å². The largest absolute Gasteiger partial charge is 0.484 e. The monoisotopic (exact) mass is 424 g/mol. The molecule has 2 aliphatic rings. The summed E-state index contributed by atoms with van der Waals surface area (Å²) in [6, 6.07) is 11.2. The van der Waals surface area contributed by atoms with Gasteiger partial charge < -0.3 is 10.1 Å². The lowest BCUT2D eigenvalue weighted by Crippen LogP contribution is -2.39. The molecule has 0 saturated heterocycles. The first-order valence-electron chi connectivity index (χ1n) is 9.25. The summed E-state index contributed by atoms with van der Waals surface area (Å²) < 4.78 is 6.24. The number of amides is 2. The highest BCUT2D eigenvalue weighted by molar-refractivity contribution is 7.80. The Labute approximate surface area is 178 Å². The van der Waals surface area contributed by atoms with Gasteiger partial charge in [-0.15, -0.1) is 12.6 Å². The molecule has 2 aliphatic heterocycles.